The summed E-state index contributed by atoms with van der Waals surface area (Å²) in [6.07, 6.45) is 5.22. The number of thioether (sulfide) groups is 1. The predicted molar refractivity (Wildman–Crippen MR) is 89.9 cm³/mol. The lowest BCUT2D eigenvalue weighted by atomic mass is 10.1. The van der Waals surface area contributed by atoms with Gasteiger partial charge in [-0.3, -0.25) is 0 Å². The van der Waals surface area contributed by atoms with Crippen molar-refractivity contribution >= 4 is 17.7 Å². The monoisotopic (exact) mass is 310 g/mol. The van der Waals surface area contributed by atoms with Crippen LogP contribution in [0.5, 0.6) is 0 Å². The molecule has 3 heteroatoms. The standard InChI is InChI=1S/C19H18O2S/c20-19-14-12-17(21-19)18(22-16-9-5-2-6-10-16)13-11-15-7-3-1-4-8-15/h1-10,12,14,17-18H,11,13H2/t17-,18-/m0/s1. The largest absolute Gasteiger partial charge is 0.454 e. The van der Waals surface area contributed by atoms with Crippen LogP contribution < -0.4 is 0 Å². The SMILES string of the molecule is O=C1C=C[C@@H]([C@H](CCc2ccccc2)Sc2ccccc2)O1. The summed E-state index contributed by atoms with van der Waals surface area (Å²) in [5.74, 6) is -0.233. The number of carbonyl (C=O) groups excluding carboxylic acids is 1. The normalized spacial score (nSPS) is 18.2. The summed E-state index contributed by atoms with van der Waals surface area (Å²) in [5, 5.41) is 0.227. The van der Waals surface area contributed by atoms with Crippen molar-refractivity contribution in [3.63, 3.8) is 0 Å². The number of carbonyl (C=O) groups is 1. The van der Waals surface area contributed by atoms with E-state index in [1.54, 1.807) is 11.8 Å². The molecule has 0 aromatic heterocycles. The minimum Gasteiger partial charge on any atom is -0.454 e. The molecule has 1 heterocycles. The number of rotatable bonds is 6. The third kappa shape index (κ3) is 4.01. The second-order valence-corrected chi connectivity index (χ2v) is 6.57. The summed E-state index contributed by atoms with van der Waals surface area (Å²) in [5.41, 5.74) is 1.31. The molecule has 0 aliphatic carbocycles. The summed E-state index contributed by atoms with van der Waals surface area (Å²) in [6.45, 7) is 0. The summed E-state index contributed by atoms with van der Waals surface area (Å²) in [4.78, 5) is 12.6. The van der Waals surface area contributed by atoms with Crippen molar-refractivity contribution in [3.05, 3.63) is 78.4 Å². The Hall–Kier alpha value is -2.00. The highest BCUT2D eigenvalue weighted by Gasteiger charge is 2.27. The fraction of sp³-hybridized carbons (Fsp3) is 0.211. The van der Waals surface area contributed by atoms with Crippen LogP contribution in [0.2, 0.25) is 0 Å². The molecule has 22 heavy (non-hydrogen) atoms. The van der Waals surface area contributed by atoms with Crippen molar-refractivity contribution in [1.82, 2.24) is 0 Å². The van der Waals surface area contributed by atoms with Gasteiger partial charge in [0.25, 0.3) is 0 Å². The maximum Gasteiger partial charge on any atom is 0.331 e. The Morgan fingerprint density at radius 2 is 1.68 bits per heavy atom. The molecule has 0 amide bonds. The van der Waals surface area contributed by atoms with Gasteiger partial charge in [-0.2, -0.15) is 0 Å². The number of cyclic esters (lactones) is 1. The first-order valence-electron chi connectivity index (χ1n) is 7.46. The van der Waals surface area contributed by atoms with Crippen molar-refractivity contribution in [2.45, 2.75) is 29.1 Å². The smallest absolute Gasteiger partial charge is 0.331 e. The first kappa shape index (κ1) is 14.9. The van der Waals surface area contributed by atoms with Crippen LogP contribution in [0.1, 0.15) is 12.0 Å². The minimum absolute atomic E-state index is 0.138. The van der Waals surface area contributed by atoms with Crippen LogP contribution in [0.4, 0.5) is 0 Å². The van der Waals surface area contributed by atoms with E-state index in [4.69, 9.17) is 4.74 Å². The van der Waals surface area contributed by atoms with Gasteiger partial charge in [0.2, 0.25) is 0 Å². The molecule has 0 N–H and O–H groups in total. The molecule has 1 aliphatic heterocycles. The van der Waals surface area contributed by atoms with Gasteiger partial charge in [0.1, 0.15) is 6.10 Å². The topological polar surface area (TPSA) is 26.3 Å². The summed E-state index contributed by atoms with van der Waals surface area (Å²) in [6, 6.07) is 20.7. The zero-order chi connectivity index (χ0) is 15.2. The van der Waals surface area contributed by atoms with E-state index in [1.807, 2.05) is 30.3 Å². The predicted octanol–water partition coefficient (Wildman–Crippen LogP) is 4.26. The molecule has 2 atom stereocenters. The highest BCUT2D eigenvalue weighted by Crippen LogP contribution is 2.31. The second kappa shape index (κ2) is 7.32. The van der Waals surface area contributed by atoms with Crippen LogP contribution in [0.3, 0.4) is 0 Å². The number of aryl methyl sites for hydroxylation is 1. The van der Waals surface area contributed by atoms with Gasteiger partial charge in [-0.15, -0.1) is 11.8 Å². The quantitative estimate of drug-likeness (QED) is 0.589. The van der Waals surface area contributed by atoms with Gasteiger partial charge in [0, 0.05) is 11.0 Å². The number of hydrogen-bond donors (Lipinski definition) is 0. The molecule has 0 radical (unpaired) electrons. The Kier molecular flexibility index (Phi) is 4.96. The Morgan fingerprint density at radius 1 is 1.00 bits per heavy atom. The molecule has 112 valence electrons. The van der Waals surface area contributed by atoms with Gasteiger partial charge < -0.3 is 4.74 Å². The maximum absolute atomic E-state index is 11.4. The van der Waals surface area contributed by atoms with E-state index in [1.165, 1.54) is 16.5 Å². The van der Waals surface area contributed by atoms with Crippen LogP contribution in [0.15, 0.2) is 77.7 Å². The van der Waals surface area contributed by atoms with Crippen molar-refractivity contribution in [1.29, 1.82) is 0 Å². The second-order valence-electron chi connectivity index (χ2n) is 5.25. The Bertz CT molecular complexity index is 637. The van der Waals surface area contributed by atoms with E-state index in [9.17, 15) is 4.79 Å². The van der Waals surface area contributed by atoms with E-state index in [0.717, 1.165) is 12.8 Å². The van der Waals surface area contributed by atoms with E-state index >= 15 is 0 Å². The van der Waals surface area contributed by atoms with E-state index in [2.05, 4.69) is 36.4 Å². The fourth-order valence-electron chi connectivity index (χ4n) is 2.50. The van der Waals surface area contributed by atoms with Gasteiger partial charge in [0.15, 0.2) is 0 Å². The molecular weight excluding hydrogens is 292 g/mol. The van der Waals surface area contributed by atoms with E-state index < -0.39 is 0 Å². The van der Waals surface area contributed by atoms with Crippen LogP contribution in [0.25, 0.3) is 0 Å². The highest BCUT2D eigenvalue weighted by atomic mass is 32.2. The van der Waals surface area contributed by atoms with Gasteiger partial charge >= 0.3 is 5.97 Å². The van der Waals surface area contributed by atoms with E-state index in [0.29, 0.717) is 0 Å². The molecule has 0 fully saturated rings. The number of hydrogen-bond acceptors (Lipinski definition) is 3. The summed E-state index contributed by atoms with van der Waals surface area (Å²) < 4.78 is 5.41. The zero-order valence-electron chi connectivity index (χ0n) is 12.2. The van der Waals surface area contributed by atoms with Crippen LogP contribution in [-0.2, 0) is 16.0 Å². The fourth-order valence-corrected chi connectivity index (χ4v) is 3.68. The molecule has 2 aromatic rings. The van der Waals surface area contributed by atoms with E-state index in [-0.39, 0.29) is 17.3 Å². The third-order valence-electron chi connectivity index (χ3n) is 3.63. The van der Waals surface area contributed by atoms with Gasteiger partial charge in [0.05, 0.1) is 5.25 Å². The zero-order valence-corrected chi connectivity index (χ0v) is 13.0. The average molecular weight is 310 g/mol. The average Bonchev–Trinajstić information content (AvgIpc) is 3.00. The van der Waals surface area contributed by atoms with Crippen molar-refractivity contribution < 1.29 is 9.53 Å². The molecule has 0 unspecified atom stereocenters. The van der Waals surface area contributed by atoms with Crippen molar-refractivity contribution in [2.75, 3.05) is 0 Å². The molecule has 2 aromatic carbocycles. The first-order valence-corrected chi connectivity index (χ1v) is 8.34. The molecular formula is C19H18O2S. The van der Waals surface area contributed by atoms with Crippen molar-refractivity contribution in [2.24, 2.45) is 0 Å². The van der Waals surface area contributed by atoms with Gasteiger partial charge in [-0.25, -0.2) is 4.79 Å². The van der Waals surface area contributed by atoms with Crippen LogP contribution in [0, 0.1) is 0 Å². The highest BCUT2D eigenvalue weighted by molar-refractivity contribution is 8.00. The molecule has 0 bridgehead atoms. The number of ether oxygens (including phenoxy) is 1. The molecule has 1 aliphatic rings. The summed E-state index contributed by atoms with van der Waals surface area (Å²) in [7, 11) is 0. The van der Waals surface area contributed by atoms with Gasteiger partial charge in [-0.05, 0) is 36.6 Å². The molecule has 3 rings (SSSR count). The Morgan fingerprint density at radius 3 is 2.32 bits per heavy atom. The first-order chi connectivity index (χ1) is 10.8. The lowest BCUT2D eigenvalue weighted by Crippen LogP contribution is -2.23. The molecule has 0 spiro atoms. The number of benzene rings is 2. The molecule has 0 saturated carbocycles. The third-order valence-corrected chi connectivity index (χ3v) is 4.98. The van der Waals surface area contributed by atoms with Crippen LogP contribution in [-0.4, -0.2) is 17.3 Å². The lowest BCUT2D eigenvalue weighted by molar-refractivity contribution is -0.138. The summed E-state index contributed by atoms with van der Waals surface area (Å²) >= 11 is 1.78. The lowest BCUT2D eigenvalue weighted by Gasteiger charge is -2.21. The molecule has 2 nitrogen and oxygen atoms in total. The number of esters is 1. The maximum atomic E-state index is 11.4. The van der Waals surface area contributed by atoms with Crippen LogP contribution >= 0.6 is 11.8 Å². The molecule has 0 saturated heterocycles. The minimum atomic E-state index is -0.233. The van der Waals surface area contributed by atoms with Gasteiger partial charge in [-0.1, -0.05) is 48.5 Å². The Balaban J connectivity index is 1.68. The Labute approximate surface area is 135 Å². The van der Waals surface area contributed by atoms with Crippen molar-refractivity contribution in [3.8, 4) is 0 Å².